The number of thiazole rings is 1. The summed E-state index contributed by atoms with van der Waals surface area (Å²) < 4.78 is 5.35. The van der Waals surface area contributed by atoms with Crippen LogP contribution in [-0.2, 0) is 14.4 Å². The van der Waals surface area contributed by atoms with E-state index in [9.17, 15) is 19.2 Å². The fourth-order valence-electron chi connectivity index (χ4n) is 7.21. The number of amides is 2. The molecule has 0 radical (unpaired) electrons. The molecule has 3 fully saturated rings. The second-order valence-corrected chi connectivity index (χ2v) is 12.5. The van der Waals surface area contributed by atoms with Crippen molar-refractivity contribution < 1.29 is 24.2 Å². The van der Waals surface area contributed by atoms with E-state index in [2.05, 4.69) is 17.1 Å². The van der Waals surface area contributed by atoms with Crippen LogP contribution in [-0.4, -0.2) is 51.7 Å². The summed E-state index contributed by atoms with van der Waals surface area (Å²) in [5, 5.41) is 9.91. The number of aliphatic carboxylic acids is 1. The number of hydrogen-bond donors (Lipinski definition) is 2. The number of carboxylic acids is 1. The third-order valence-corrected chi connectivity index (χ3v) is 11.2. The molecule has 1 aromatic carbocycles. The van der Waals surface area contributed by atoms with Crippen molar-refractivity contribution in [3.05, 3.63) is 44.4 Å². The van der Waals surface area contributed by atoms with Gasteiger partial charge in [0.2, 0.25) is 11.8 Å². The number of aromatic amines is 1. The first-order valence-electron chi connectivity index (χ1n) is 12.5. The van der Waals surface area contributed by atoms with Crippen molar-refractivity contribution in [3.63, 3.8) is 0 Å². The first-order chi connectivity index (χ1) is 17.4. The van der Waals surface area contributed by atoms with E-state index < -0.39 is 5.97 Å². The molecule has 2 N–H and O–H groups in total. The van der Waals surface area contributed by atoms with Gasteiger partial charge in [-0.25, -0.2) is 0 Å². The van der Waals surface area contributed by atoms with Crippen molar-refractivity contribution in [2.45, 2.75) is 48.3 Å². The van der Waals surface area contributed by atoms with Gasteiger partial charge in [-0.15, -0.1) is 11.8 Å². The van der Waals surface area contributed by atoms with Crippen molar-refractivity contribution in [2.24, 2.45) is 29.6 Å². The second-order valence-electron chi connectivity index (χ2n) is 10.3. The molecule has 3 heterocycles. The summed E-state index contributed by atoms with van der Waals surface area (Å²) in [6.07, 6.45) is 2.84. The average molecular weight is 529 g/mol. The second kappa shape index (κ2) is 9.06. The van der Waals surface area contributed by atoms with E-state index in [0.29, 0.717) is 25.8 Å². The van der Waals surface area contributed by atoms with Gasteiger partial charge >= 0.3 is 10.8 Å². The van der Waals surface area contributed by atoms with Crippen molar-refractivity contribution in [1.29, 1.82) is 0 Å². The van der Waals surface area contributed by atoms with Crippen LogP contribution >= 0.6 is 23.1 Å². The quantitative estimate of drug-likeness (QED) is 0.397. The van der Waals surface area contributed by atoms with Crippen LogP contribution in [0.5, 0.6) is 5.75 Å². The number of aromatic nitrogens is 1. The standard InChI is InChI=1S/C26H28N2O6S2/c1-34-13-8-6-12(7-9-13)17-18-14-11-15(21(18)35-23-22(17)36-26(33)27-23)20-19(14)24(31)28(25(20)32)10-4-2-3-5-16(29)30/h6-9,14-15,17-21H,2-5,10-11H2,1H3,(H,27,33)(H,29,30). The van der Waals surface area contributed by atoms with E-state index in [1.807, 2.05) is 12.1 Å². The van der Waals surface area contributed by atoms with Crippen molar-refractivity contribution in [3.8, 4) is 5.75 Å². The highest BCUT2D eigenvalue weighted by Gasteiger charge is 2.69. The van der Waals surface area contributed by atoms with Gasteiger partial charge in [-0.3, -0.25) is 24.1 Å². The number of carbonyl (C=O) groups excluding carboxylic acids is 2. The molecule has 8 nitrogen and oxygen atoms in total. The molecule has 7 unspecified atom stereocenters. The summed E-state index contributed by atoms with van der Waals surface area (Å²) >= 11 is 2.95. The number of ether oxygens (including phenoxy) is 1. The Morgan fingerprint density at radius 2 is 1.81 bits per heavy atom. The van der Waals surface area contributed by atoms with Crippen LogP contribution in [0.3, 0.4) is 0 Å². The number of H-pyrrole nitrogens is 1. The van der Waals surface area contributed by atoms with Crippen molar-refractivity contribution in [1.82, 2.24) is 9.88 Å². The molecule has 4 aliphatic rings. The van der Waals surface area contributed by atoms with Crippen LogP contribution in [0.4, 0.5) is 0 Å². The largest absolute Gasteiger partial charge is 0.497 e. The number of rotatable bonds is 8. The number of fused-ring (bicyclic) bond motifs is 9. The van der Waals surface area contributed by atoms with E-state index in [4.69, 9.17) is 9.84 Å². The van der Waals surface area contributed by atoms with Gasteiger partial charge in [0.1, 0.15) is 5.75 Å². The molecule has 2 aliphatic heterocycles. The Morgan fingerprint density at radius 1 is 1.08 bits per heavy atom. The Balaban J connectivity index is 1.28. The molecule has 2 saturated carbocycles. The van der Waals surface area contributed by atoms with Crippen LogP contribution in [0.1, 0.15) is 48.5 Å². The highest BCUT2D eigenvalue weighted by Crippen LogP contribution is 2.68. The Bertz CT molecular complexity index is 1270. The molecule has 7 atom stereocenters. The normalized spacial score (nSPS) is 31.9. The first-order valence-corrected chi connectivity index (χ1v) is 14.2. The topological polar surface area (TPSA) is 117 Å². The number of carboxylic acid groups (broad SMARTS) is 1. The van der Waals surface area contributed by atoms with E-state index in [1.165, 1.54) is 16.2 Å². The maximum absolute atomic E-state index is 13.5. The minimum absolute atomic E-state index is 0.00465. The number of thioether (sulfide) groups is 1. The number of nitrogens with one attached hydrogen (secondary N) is 1. The van der Waals surface area contributed by atoms with E-state index in [1.54, 1.807) is 18.9 Å². The van der Waals surface area contributed by atoms with E-state index in [0.717, 1.165) is 27.6 Å². The fraction of sp³-hybridized carbons (Fsp3) is 0.538. The summed E-state index contributed by atoms with van der Waals surface area (Å²) in [4.78, 5) is 55.5. The Kier molecular flexibility index (Phi) is 5.99. The minimum atomic E-state index is -0.823. The van der Waals surface area contributed by atoms with Crippen LogP contribution in [0.2, 0.25) is 0 Å². The Hall–Kier alpha value is -2.59. The molecule has 2 amide bonds. The molecule has 1 saturated heterocycles. The maximum atomic E-state index is 13.5. The van der Waals surface area contributed by atoms with Gasteiger partial charge in [-0.2, -0.15) is 0 Å². The number of imide groups is 1. The zero-order valence-electron chi connectivity index (χ0n) is 19.8. The minimum Gasteiger partial charge on any atom is -0.497 e. The molecule has 2 aromatic rings. The van der Waals surface area contributed by atoms with E-state index in [-0.39, 0.29) is 63.9 Å². The Morgan fingerprint density at radius 3 is 2.50 bits per heavy atom. The molecule has 2 aliphatic carbocycles. The number of nitrogens with zero attached hydrogens (tertiary/aromatic N) is 1. The van der Waals surface area contributed by atoms with Gasteiger partial charge in [0.05, 0.1) is 24.0 Å². The SMILES string of the molecule is COc1ccc(C2c3sc(=O)[nH]c3SC3C4CC(C5C(=O)N(CCCCCC(=O)O)C(=O)C45)C23)cc1. The fourth-order valence-corrected chi connectivity index (χ4v) is 10.1. The number of methoxy groups -OCH3 is 1. The number of benzene rings is 1. The van der Waals surface area contributed by atoms with Crippen LogP contribution in [0.15, 0.2) is 34.1 Å². The summed E-state index contributed by atoms with van der Waals surface area (Å²) in [5.41, 5.74) is 1.11. The predicted molar refractivity (Wildman–Crippen MR) is 134 cm³/mol. The van der Waals surface area contributed by atoms with Crippen LogP contribution in [0, 0.1) is 29.6 Å². The number of unbranched alkanes of at least 4 members (excludes halogenated alkanes) is 2. The average Bonchev–Trinajstić information content (AvgIpc) is 3.59. The molecule has 190 valence electrons. The lowest BCUT2D eigenvalue weighted by atomic mass is 9.68. The zero-order valence-corrected chi connectivity index (χ0v) is 21.5. The van der Waals surface area contributed by atoms with Crippen LogP contribution in [0.25, 0.3) is 0 Å². The number of hydrogen-bond acceptors (Lipinski definition) is 7. The maximum Gasteiger partial charge on any atom is 0.305 e. The van der Waals surface area contributed by atoms with Gasteiger partial charge in [-0.05, 0) is 54.7 Å². The lowest BCUT2D eigenvalue weighted by Gasteiger charge is -2.43. The van der Waals surface area contributed by atoms with Crippen molar-refractivity contribution >= 4 is 40.9 Å². The lowest BCUT2D eigenvalue weighted by molar-refractivity contribution is -0.141. The highest BCUT2D eigenvalue weighted by molar-refractivity contribution is 8.00. The summed E-state index contributed by atoms with van der Waals surface area (Å²) in [6, 6.07) is 7.99. The predicted octanol–water partition coefficient (Wildman–Crippen LogP) is 3.56. The molecule has 6 rings (SSSR count). The number of carbonyl (C=O) groups is 3. The van der Waals surface area contributed by atoms with Gasteiger partial charge in [0.25, 0.3) is 0 Å². The summed E-state index contributed by atoms with van der Waals surface area (Å²) in [5.74, 6) is -0.335. The molecule has 10 heteroatoms. The summed E-state index contributed by atoms with van der Waals surface area (Å²) in [6.45, 7) is 0.370. The third kappa shape index (κ3) is 3.63. The molecule has 2 bridgehead atoms. The van der Waals surface area contributed by atoms with Crippen LogP contribution < -0.4 is 9.61 Å². The third-order valence-electron chi connectivity index (χ3n) is 8.56. The van der Waals surface area contributed by atoms with Gasteiger partial charge in [0.15, 0.2) is 0 Å². The highest BCUT2D eigenvalue weighted by atomic mass is 32.2. The molecule has 1 aromatic heterocycles. The lowest BCUT2D eigenvalue weighted by Crippen LogP contribution is -2.42. The molecule has 36 heavy (non-hydrogen) atoms. The van der Waals surface area contributed by atoms with Gasteiger partial charge in [-0.1, -0.05) is 29.9 Å². The first kappa shape index (κ1) is 23.8. The zero-order chi connectivity index (χ0) is 25.1. The molecular formula is C26H28N2O6S2. The van der Waals surface area contributed by atoms with Gasteiger partial charge < -0.3 is 14.8 Å². The molecule has 0 spiro atoms. The summed E-state index contributed by atoms with van der Waals surface area (Å²) in [7, 11) is 1.63. The monoisotopic (exact) mass is 528 g/mol. The van der Waals surface area contributed by atoms with E-state index >= 15 is 0 Å². The van der Waals surface area contributed by atoms with Gasteiger partial charge in [0, 0.05) is 29.0 Å². The number of likely N-dealkylation sites (tertiary alicyclic amines) is 1. The smallest absolute Gasteiger partial charge is 0.305 e. The molecular weight excluding hydrogens is 500 g/mol. The van der Waals surface area contributed by atoms with Crippen molar-refractivity contribution in [2.75, 3.05) is 13.7 Å². The Labute approximate surface area is 216 Å².